The molecule has 0 bridgehead atoms. The summed E-state index contributed by atoms with van der Waals surface area (Å²) in [7, 11) is 1.63. The van der Waals surface area contributed by atoms with Gasteiger partial charge in [0, 0.05) is 12.2 Å². The molecule has 150 valence electrons. The van der Waals surface area contributed by atoms with Crippen LogP contribution in [0.25, 0.3) is 0 Å². The molecule has 0 saturated heterocycles. The second kappa shape index (κ2) is 10.5. The molecular weight excluding hydrogens is 432 g/mol. The summed E-state index contributed by atoms with van der Waals surface area (Å²) in [5.74, 6) is 1.54. The van der Waals surface area contributed by atoms with Gasteiger partial charge in [-0.2, -0.15) is 0 Å². The van der Waals surface area contributed by atoms with E-state index < -0.39 is 0 Å². The highest BCUT2D eigenvalue weighted by Crippen LogP contribution is 2.25. The number of hydrogen-bond donors (Lipinski definition) is 2. The Hall–Kier alpha value is -2.99. The molecule has 0 fully saturated rings. The lowest BCUT2D eigenvalue weighted by Crippen LogP contribution is -2.30. The molecule has 0 aromatic heterocycles. The van der Waals surface area contributed by atoms with E-state index in [2.05, 4.69) is 26.6 Å². The molecule has 0 saturated carbocycles. The molecule has 0 atom stereocenters. The van der Waals surface area contributed by atoms with Gasteiger partial charge in [-0.3, -0.25) is 0 Å². The van der Waals surface area contributed by atoms with Gasteiger partial charge in [-0.15, -0.1) is 0 Å². The minimum absolute atomic E-state index is 0.240. The van der Waals surface area contributed by atoms with Gasteiger partial charge in [0.1, 0.15) is 18.1 Å². The Morgan fingerprint density at radius 1 is 0.966 bits per heavy atom. The Morgan fingerprint density at radius 2 is 1.72 bits per heavy atom. The van der Waals surface area contributed by atoms with Crippen LogP contribution < -0.4 is 20.1 Å². The van der Waals surface area contributed by atoms with Crippen LogP contribution in [-0.4, -0.2) is 19.7 Å². The number of halogens is 1. The van der Waals surface area contributed by atoms with Crippen LogP contribution in [0.5, 0.6) is 11.5 Å². The molecule has 0 aliphatic rings. The number of anilines is 1. The summed E-state index contributed by atoms with van der Waals surface area (Å²) in [5.41, 5.74) is 2.93. The molecule has 0 spiro atoms. The van der Waals surface area contributed by atoms with Crippen LogP contribution in [-0.2, 0) is 13.0 Å². The zero-order valence-corrected chi connectivity index (χ0v) is 17.7. The minimum Gasteiger partial charge on any atom is -0.496 e. The Bertz CT molecular complexity index is 931. The van der Waals surface area contributed by atoms with Crippen LogP contribution in [0.2, 0.25) is 0 Å². The Labute approximate surface area is 179 Å². The third-order valence-electron chi connectivity index (χ3n) is 4.28. The Morgan fingerprint density at radius 3 is 2.41 bits per heavy atom. The molecule has 3 aromatic rings. The highest BCUT2D eigenvalue weighted by Gasteiger charge is 2.04. The van der Waals surface area contributed by atoms with Gasteiger partial charge in [-0.1, -0.05) is 36.4 Å². The van der Waals surface area contributed by atoms with Gasteiger partial charge >= 0.3 is 6.03 Å². The normalized spacial score (nSPS) is 10.3. The van der Waals surface area contributed by atoms with E-state index in [9.17, 15) is 4.79 Å². The number of ether oxygens (including phenoxy) is 2. The number of hydrogen-bond acceptors (Lipinski definition) is 3. The molecule has 6 heteroatoms. The van der Waals surface area contributed by atoms with Crippen LogP contribution in [0.15, 0.2) is 77.3 Å². The number of rotatable bonds is 8. The molecule has 3 rings (SSSR count). The number of urea groups is 1. The van der Waals surface area contributed by atoms with E-state index in [1.165, 1.54) is 0 Å². The van der Waals surface area contributed by atoms with E-state index in [1.807, 2.05) is 72.8 Å². The first-order valence-corrected chi connectivity index (χ1v) is 10.1. The third kappa shape index (κ3) is 6.54. The van der Waals surface area contributed by atoms with Crippen molar-refractivity contribution in [2.45, 2.75) is 13.0 Å². The summed E-state index contributed by atoms with van der Waals surface area (Å²) in [6.45, 7) is 1.04. The molecule has 3 aromatic carbocycles. The number of amides is 2. The predicted octanol–water partition coefficient (Wildman–Crippen LogP) is 5.40. The molecule has 0 aliphatic carbocycles. The zero-order valence-electron chi connectivity index (χ0n) is 16.2. The molecule has 2 N–H and O–H groups in total. The Balaban J connectivity index is 1.41. The lowest BCUT2D eigenvalue weighted by atomic mass is 10.1. The van der Waals surface area contributed by atoms with Crippen molar-refractivity contribution < 1.29 is 14.3 Å². The standard InChI is InChI=1S/C23H23BrN2O3/c1-28-22-12-7-17(15-21(22)24)13-14-25-23(27)26-19-8-10-20(11-9-19)29-16-18-5-3-2-4-6-18/h2-12,15H,13-14,16H2,1H3,(H2,25,26,27). The van der Waals surface area contributed by atoms with Crippen LogP contribution in [0.3, 0.4) is 0 Å². The van der Waals surface area contributed by atoms with Gasteiger partial charge < -0.3 is 20.1 Å². The average Bonchev–Trinajstić information content (AvgIpc) is 2.74. The molecular formula is C23H23BrN2O3. The monoisotopic (exact) mass is 454 g/mol. The lowest BCUT2D eigenvalue weighted by molar-refractivity contribution is 0.252. The van der Waals surface area contributed by atoms with E-state index in [0.717, 1.165) is 33.5 Å². The van der Waals surface area contributed by atoms with E-state index in [0.29, 0.717) is 18.8 Å². The first-order chi connectivity index (χ1) is 14.1. The van der Waals surface area contributed by atoms with E-state index >= 15 is 0 Å². The van der Waals surface area contributed by atoms with Crippen molar-refractivity contribution in [3.8, 4) is 11.5 Å². The third-order valence-corrected chi connectivity index (χ3v) is 4.90. The number of carbonyl (C=O) groups excluding carboxylic acids is 1. The lowest BCUT2D eigenvalue weighted by Gasteiger charge is -2.10. The fourth-order valence-corrected chi connectivity index (χ4v) is 3.32. The number of carbonyl (C=O) groups is 1. The summed E-state index contributed by atoms with van der Waals surface area (Å²) in [5, 5.41) is 5.69. The molecule has 0 radical (unpaired) electrons. The molecule has 2 amide bonds. The van der Waals surface area contributed by atoms with E-state index in [1.54, 1.807) is 7.11 Å². The maximum Gasteiger partial charge on any atom is 0.319 e. The fraction of sp³-hybridized carbons (Fsp3) is 0.174. The summed E-state index contributed by atoms with van der Waals surface area (Å²) >= 11 is 3.47. The van der Waals surface area contributed by atoms with E-state index in [-0.39, 0.29) is 6.03 Å². The molecule has 5 nitrogen and oxygen atoms in total. The van der Waals surface area contributed by atoms with Gasteiger partial charge in [-0.05, 0) is 69.9 Å². The van der Waals surface area contributed by atoms with Crippen molar-refractivity contribution in [1.29, 1.82) is 0 Å². The van der Waals surface area contributed by atoms with Crippen LogP contribution in [0, 0.1) is 0 Å². The zero-order chi connectivity index (χ0) is 20.5. The number of nitrogens with one attached hydrogen (secondary N) is 2. The van der Waals surface area contributed by atoms with Gasteiger partial charge in [-0.25, -0.2) is 4.79 Å². The quantitative estimate of drug-likeness (QED) is 0.478. The van der Waals surface area contributed by atoms with Gasteiger partial charge in [0.25, 0.3) is 0 Å². The van der Waals surface area contributed by atoms with Crippen molar-refractivity contribution in [3.05, 3.63) is 88.4 Å². The second-order valence-corrected chi connectivity index (χ2v) is 7.25. The maximum atomic E-state index is 12.1. The predicted molar refractivity (Wildman–Crippen MR) is 119 cm³/mol. The SMILES string of the molecule is COc1ccc(CCNC(=O)Nc2ccc(OCc3ccccc3)cc2)cc1Br. The molecule has 0 heterocycles. The van der Waals surface area contributed by atoms with Crippen molar-refractivity contribution in [2.24, 2.45) is 0 Å². The smallest absolute Gasteiger partial charge is 0.319 e. The van der Waals surface area contributed by atoms with E-state index in [4.69, 9.17) is 9.47 Å². The average molecular weight is 455 g/mol. The molecule has 0 unspecified atom stereocenters. The largest absolute Gasteiger partial charge is 0.496 e. The second-order valence-electron chi connectivity index (χ2n) is 6.40. The van der Waals surface area contributed by atoms with Crippen LogP contribution in [0.4, 0.5) is 10.5 Å². The van der Waals surface area contributed by atoms with Crippen molar-refractivity contribution in [1.82, 2.24) is 5.32 Å². The first kappa shape index (κ1) is 20.7. The minimum atomic E-state index is -0.240. The summed E-state index contributed by atoms with van der Waals surface area (Å²) in [4.78, 5) is 12.1. The fourth-order valence-electron chi connectivity index (χ4n) is 2.74. The van der Waals surface area contributed by atoms with Gasteiger partial charge in [0.05, 0.1) is 11.6 Å². The van der Waals surface area contributed by atoms with Gasteiger partial charge in [0.2, 0.25) is 0 Å². The topological polar surface area (TPSA) is 59.6 Å². The van der Waals surface area contributed by atoms with Crippen molar-refractivity contribution in [2.75, 3.05) is 19.0 Å². The Kier molecular flexibility index (Phi) is 7.53. The summed E-state index contributed by atoms with van der Waals surface area (Å²) in [6.07, 6.45) is 0.724. The van der Waals surface area contributed by atoms with Crippen molar-refractivity contribution in [3.63, 3.8) is 0 Å². The van der Waals surface area contributed by atoms with Crippen molar-refractivity contribution >= 4 is 27.6 Å². The van der Waals surface area contributed by atoms with Gasteiger partial charge in [0.15, 0.2) is 0 Å². The summed E-state index contributed by atoms with van der Waals surface area (Å²) < 4.78 is 11.9. The highest BCUT2D eigenvalue weighted by molar-refractivity contribution is 9.10. The first-order valence-electron chi connectivity index (χ1n) is 9.28. The number of benzene rings is 3. The molecule has 0 aliphatic heterocycles. The highest BCUT2D eigenvalue weighted by atomic mass is 79.9. The summed E-state index contributed by atoms with van der Waals surface area (Å²) in [6, 6.07) is 22.9. The van der Waals surface area contributed by atoms with Crippen LogP contribution >= 0.6 is 15.9 Å². The maximum absolute atomic E-state index is 12.1. The van der Waals surface area contributed by atoms with Crippen LogP contribution in [0.1, 0.15) is 11.1 Å². The number of methoxy groups -OCH3 is 1. The molecule has 29 heavy (non-hydrogen) atoms.